The van der Waals surface area contributed by atoms with Gasteiger partial charge in [-0.25, -0.2) is 0 Å². The second-order valence-electron chi connectivity index (χ2n) is 5.11. The molecule has 0 bridgehead atoms. The van der Waals surface area contributed by atoms with E-state index in [4.69, 9.17) is 11.6 Å². The maximum Gasteiger partial charge on any atom is 0.418 e. The molecule has 0 spiro atoms. The molecule has 0 saturated carbocycles. The standard InChI is InChI=1S/C14H16ClF3N2O/c15-11-3-1-2-10(14(16,17)18)13(11)20-12(21)5-4-9-6-7-19-8-9/h1-3,9,19H,4-8H2,(H,20,21). The minimum absolute atomic E-state index is 0.110. The number of rotatable bonds is 4. The van der Waals surface area contributed by atoms with Crippen LogP contribution in [0.2, 0.25) is 5.02 Å². The molecule has 1 amide bonds. The summed E-state index contributed by atoms with van der Waals surface area (Å²) in [5.41, 5.74) is -1.29. The molecule has 1 saturated heterocycles. The normalized spacial score (nSPS) is 18.8. The molecule has 3 nitrogen and oxygen atoms in total. The summed E-state index contributed by atoms with van der Waals surface area (Å²) in [5, 5.41) is 5.37. The summed E-state index contributed by atoms with van der Waals surface area (Å²) >= 11 is 5.78. The number of hydrogen-bond donors (Lipinski definition) is 2. The Morgan fingerprint density at radius 2 is 2.19 bits per heavy atom. The topological polar surface area (TPSA) is 41.1 Å². The van der Waals surface area contributed by atoms with Crippen LogP contribution < -0.4 is 10.6 Å². The molecule has 0 radical (unpaired) electrons. The third-order valence-corrected chi connectivity index (χ3v) is 3.84. The molecule has 1 atom stereocenters. The molecule has 2 rings (SSSR count). The van der Waals surface area contributed by atoms with Crippen molar-refractivity contribution in [3.05, 3.63) is 28.8 Å². The Labute approximate surface area is 125 Å². The highest BCUT2D eigenvalue weighted by Gasteiger charge is 2.34. The highest BCUT2D eigenvalue weighted by molar-refractivity contribution is 6.34. The van der Waals surface area contributed by atoms with Crippen LogP contribution in [-0.2, 0) is 11.0 Å². The van der Waals surface area contributed by atoms with Crippen molar-refractivity contribution in [3.63, 3.8) is 0 Å². The highest BCUT2D eigenvalue weighted by Crippen LogP contribution is 2.38. The lowest BCUT2D eigenvalue weighted by molar-refractivity contribution is -0.137. The first kappa shape index (κ1) is 16.1. The molecular weight excluding hydrogens is 305 g/mol. The van der Waals surface area contributed by atoms with Gasteiger partial charge in [0.1, 0.15) is 0 Å². The van der Waals surface area contributed by atoms with Crippen LogP contribution in [0.25, 0.3) is 0 Å². The van der Waals surface area contributed by atoms with Crippen molar-refractivity contribution in [1.29, 1.82) is 0 Å². The fourth-order valence-electron chi connectivity index (χ4n) is 2.39. The molecule has 1 fully saturated rings. The zero-order valence-corrected chi connectivity index (χ0v) is 12.0. The van der Waals surface area contributed by atoms with Gasteiger partial charge in [0.25, 0.3) is 0 Å². The van der Waals surface area contributed by atoms with Gasteiger partial charge in [0, 0.05) is 6.42 Å². The molecule has 1 aliphatic rings. The summed E-state index contributed by atoms with van der Waals surface area (Å²) in [5.74, 6) is -0.0374. The minimum atomic E-state index is -4.55. The van der Waals surface area contributed by atoms with Crippen LogP contribution in [0.4, 0.5) is 18.9 Å². The van der Waals surface area contributed by atoms with E-state index in [0.29, 0.717) is 12.3 Å². The smallest absolute Gasteiger partial charge is 0.324 e. The molecule has 7 heteroatoms. The number of amides is 1. The number of anilines is 1. The van der Waals surface area contributed by atoms with E-state index in [1.54, 1.807) is 0 Å². The molecule has 116 valence electrons. The molecule has 1 aromatic carbocycles. The predicted molar refractivity (Wildman–Crippen MR) is 75.3 cm³/mol. The molecule has 21 heavy (non-hydrogen) atoms. The number of benzene rings is 1. The third-order valence-electron chi connectivity index (χ3n) is 3.53. The van der Waals surface area contributed by atoms with E-state index in [1.165, 1.54) is 12.1 Å². The molecule has 0 aliphatic carbocycles. The van der Waals surface area contributed by atoms with E-state index in [0.717, 1.165) is 25.6 Å². The largest absolute Gasteiger partial charge is 0.418 e. The Kier molecular flexibility index (Phi) is 5.11. The maximum absolute atomic E-state index is 12.9. The first-order valence-electron chi connectivity index (χ1n) is 6.74. The van der Waals surface area contributed by atoms with Gasteiger partial charge >= 0.3 is 6.18 Å². The lowest BCUT2D eigenvalue weighted by Crippen LogP contribution is -2.18. The Morgan fingerprint density at radius 3 is 2.81 bits per heavy atom. The van der Waals surface area contributed by atoms with Crippen LogP contribution in [0, 0.1) is 5.92 Å². The minimum Gasteiger partial charge on any atom is -0.324 e. The van der Waals surface area contributed by atoms with Crippen molar-refractivity contribution in [1.82, 2.24) is 5.32 Å². The van der Waals surface area contributed by atoms with E-state index in [9.17, 15) is 18.0 Å². The molecular formula is C14H16ClF3N2O. The Balaban J connectivity index is 2.02. The summed E-state index contributed by atoms with van der Waals surface area (Å²) in [6, 6.07) is 3.45. The Bertz CT molecular complexity index is 513. The maximum atomic E-state index is 12.9. The lowest BCUT2D eigenvalue weighted by atomic mass is 10.0. The average Bonchev–Trinajstić information content (AvgIpc) is 2.90. The lowest BCUT2D eigenvalue weighted by Gasteiger charge is -2.15. The van der Waals surface area contributed by atoms with E-state index >= 15 is 0 Å². The number of para-hydroxylation sites is 1. The summed E-state index contributed by atoms with van der Waals surface area (Å²) in [6.45, 7) is 1.78. The van der Waals surface area contributed by atoms with Crippen molar-refractivity contribution >= 4 is 23.2 Å². The Morgan fingerprint density at radius 1 is 1.43 bits per heavy atom. The Hall–Kier alpha value is -1.27. The van der Waals surface area contributed by atoms with Crippen molar-refractivity contribution < 1.29 is 18.0 Å². The zero-order chi connectivity index (χ0) is 15.5. The van der Waals surface area contributed by atoms with E-state index < -0.39 is 17.6 Å². The first-order valence-corrected chi connectivity index (χ1v) is 7.12. The summed E-state index contributed by atoms with van der Waals surface area (Å²) in [4.78, 5) is 11.8. The average molecular weight is 321 g/mol. The number of alkyl halides is 3. The van der Waals surface area contributed by atoms with Crippen LogP contribution in [0.15, 0.2) is 18.2 Å². The molecule has 1 aromatic rings. The van der Waals surface area contributed by atoms with Crippen LogP contribution in [0.3, 0.4) is 0 Å². The van der Waals surface area contributed by atoms with E-state index in [-0.39, 0.29) is 17.1 Å². The van der Waals surface area contributed by atoms with Crippen molar-refractivity contribution in [2.24, 2.45) is 5.92 Å². The quantitative estimate of drug-likeness (QED) is 0.888. The van der Waals surface area contributed by atoms with E-state index in [2.05, 4.69) is 10.6 Å². The number of halogens is 4. The summed E-state index contributed by atoms with van der Waals surface area (Å²) < 4.78 is 38.7. The predicted octanol–water partition coefficient (Wildman–Crippen LogP) is 3.69. The molecule has 0 aromatic heterocycles. The van der Waals surface area contributed by atoms with Gasteiger partial charge in [0.15, 0.2) is 0 Å². The van der Waals surface area contributed by atoms with Gasteiger partial charge in [-0.1, -0.05) is 17.7 Å². The second-order valence-corrected chi connectivity index (χ2v) is 5.51. The monoisotopic (exact) mass is 320 g/mol. The fourth-order valence-corrected chi connectivity index (χ4v) is 2.61. The highest BCUT2D eigenvalue weighted by atomic mass is 35.5. The number of nitrogens with one attached hydrogen (secondary N) is 2. The molecule has 2 N–H and O–H groups in total. The third kappa shape index (κ3) is 4.35. The van der Waals surface area contributed by atoms with Gasteiger partial charge < -0.3 is 10.6 Å². The van der Waals surface area contributed by atoms with Crippen molar-refractivity contribution in [3.8, 4) is 0 Å². The van der Waals surface area contributed by atoms with Crippen molar-refractivity contribution in [2.45, 2.75) is 25.4 Å². The van der Waals surface area contributed by atoms with Gasteiger partial charge in [-0.05, 0) is 44.0 Å². The molecule has 1 aliphatic heterocycles. The van der Waals surface area contributed by atoms with Crippen LogP contribution in [-0.4, -0.2) is 19.0 Å². The van der Waals surface area contributed by atoms with Crippen LogP contribution >= 0.6 is 11.6 Å². The summed E-state index contributed by atoms with van der Waals surface area (Å²) in [7, 11) is 0. The number of carbonyl (C=O) groups is 1. The SMILES string of the molecule is O=C(CCC1CCNC1)Nc1c(Cl)cccc1C(F)(F)F. The summed E-state index contributed by atoms with van der Waals surface area (Å²) in [6.07, 6.45) is -2.71. The molecule has 1 heterocycles. The fraction of sp³-hybridized carbons (Fsp3) is 0.500. The number of hydrogen-bond acceptors (Lipinski definition) is 2. The zero-order valence-electron chi connectivity index (χ0n) is 11.3. The van der Waals surface area contributed by atoms with Gasteiger partial charge in [0.05, 0.1) is 16.3 Å². The van der Waals surface area contributed by atoms with Gasteiger partial charge in [0.2, 0.25) is 5.91 Å². The van der Waals surface area contributed by atoms with Gasteiger partial charge in [-0.3, -0.25) is 4.79 Å². The second kappa shape index (κ2) is 6.66. The number of carbonyl (C=O) groups excluding carboxylic acids is 1. The van der Waals surface area contributed by atoms with Crippen molar-refractivity contribution in [2.75, 3.05) is 18.4 Å². The van der Waals surface area contributed by atoms with Gasteiger partial charge in [-0.2, -0.15) is 13.2 Å². The van der Waals surface area contributed by atoms with Crippen LogP contribution in [0.5, 0.6) is 0 Å². The first-order chi connectivity index (χ1) is 9.88. The van der Waals surface area contributed by atoms with E-state index in [1.807, 2.05) is 0 Å². The van der Waals surface area contributed by atoms with Gasteiger partial charge in [-0.15, -0.1) is 0 Å². The van der Waals surface area contributed by atoms with Crippen LogP contribution in [0.1, 0.15) is 24.8 Å². The molecule has 1 unspecified atom stereocenters.